The summed E-state index contributed by atoms with van der Waals surface area (Å²) in [7, 11) is 0. The van der Waals surface area contributed by atoms with Crippen molar-refractivity contribution in [3.05, 3.63) is 27.1 Å². The van der Waals surface area contributed by atoms with Crippen LogP contribution < -0.4 is 5.32 Å². The highest BCUT2D eigenvalue weighted by Gasteiger charge is 2.09. The van der Waals surface area contributed by atoms with Crippen molar-refractivity contribution in [1.82, 2.24) is 5.32 Å². The third kappa shape index (κ3) is 4.92. The van der Waals surface area contributed by atoms with Crippen LogP contribution in [-0.2, 0) is 16.1 Å². The van der Waals surface area contributed by atoms with Gasteiger partial charge in [-0.1, -0.05) is 11.3 Å². The van der Waals surface area contributed by atoms with Gasteiger partial charge in [-0.3, -0.25) is 14.9 Å². The Balaban J connectivity index is 2.22. The van der Waals surface area contributed by atoms with Crippen LogP contribution in [-0.4, -0.2) is 24.0 Å². The van der Waals surface area contributed by atoms with E-state index in [4.69, 9.17) is 4.74 Å². The van der Waals surface area contributed by atoms with Gasteiger partial charge in [0.25, 0.3) is 0 Å². The molecule has 94 valence electrons. The summed E-state index contributed by atoms with van der Waals surface area (Å²) in [6.07, 6.45) is 0.307. The minimum absolute atomic E-state index is 0.132. The van der Waals surface area contributed by atoms with Crippen LogP contribution in [0.15, 0.2) is 12.1 Å². The standard InChI is InChI=1S/C10H14N2O4S/c1-2-16-10(13)5-6-11-7-8-3-4-9(17-8)12(14)15/h3-4,11H,2,5-7H2,1H3. The van der Waals surface area contributed by atoms with E-state index in [1.54, 1.807) is 13.0 Å². The second-order valence-electron chi connectivity index (χ2n) is 3.23. The molecule has 1 aromatic rings. The topological polar surface area (TPSA) is 81.5 Å². The molecule has 6 nitrogen and oxygen atoms in total. The summed E-state index contributed by atoms with van der Waals surface area (Å²) in [4.78, 5) is 21.9. The first-order valence-corrected chi connectivity index (χ1v) is 6.04. The van der Waals surface area contributed by atoms with Crippen LogP contribution in [0.3, 0.4) is 0 Å². The van der Waals surface area contributed by atoms with Gasteiger partial charge in [-0.2, -0.15) is 0 Å². The smallest absolute Gasteiger partial charge is 0.324 e. The van der Waals surface area contributed by atoms with E-state index in [0.717, 1.165) is 16.2 Å². The molecule has 0 amide bonds. The van der Waals surface area contributed by atoms with E-state index in [1.807, 2.05) is 0 Å². The second kappa shape index (κ2) is 6.97. The highest BCUT2D eigenvalue weighted by molar-refractivity contribution is 7.15. The van der Waals surface area contributed by atoms with Crippen molar-refractivity contribution in [2.24, 2.45) is 0 Å². The molecule has 1 aromatic heterocycles. The summed E-state index contributed by atoms with van der Waals surface area (Å²) in [5.41, 5.74) is 0. The number of nitrogens with zero attached hydrogens (tertiary/aromatic N) is 1. The van der Waals surface area contributed by atoms with E-state index >= 15 is 0 Å². The molecular formula is C10H14N2O4S. The number of carbonyl (C=O) groups is 1. The van der Waals surface area contributed by atoms with Crippen molar-refractivity contribution in [2.45, 2.75) is 19.9 Å². The van der Waals surface area contributed by atoms with E-state index in [-0.39, 0.29) is 11.0 Å². The molecule has 0 aromatic carbocycles. The SMILES string of the molecule is CCOC(=O)CCNCc1ccc([N+](=O)[O-])s1. The number of nitrogens with one attached hydrogen (secondary N) is 1. The first kappa shape index (κ1) is 13.6. The first-order chi connectivity index (χ1) is 8.13. The minimum atomic E-state index is -0.410. The Morgan fingerprint density at radius 2 is 2.35 bits per heavy atom. The molecule has 0 saturated carbocycles. The fraction of sp³-hybridized carbons (Fsp3) is 0.500. The number of esters is 1. The molecule has 0 aliphatic rings. The van der Waals surface area contributed by atoms with Crippen LogP contribution in [0.5, 0.6) is 0 Å². The maximum absolute atomic E-state index is 11.0. The molecule has 0 aliphatic heterocycles. The lowest BCUT2D eigenvalue weighted by atomic mass is 10.4. The number of hydrogen-bond donors (Lipinski definition) is 1. The van der Waals surface area contributed by atoms with Crippen molar-refractivity contribution in [3.8, 4) is 0 Å². The lowest BCUT2D eigenvalue weighted by Gasteiger charge is -2.02. The monoisotopic (exact) mass is 258 g/mol. The van der Waals surface area contributed by atoms with Gasteiger partial charge >= 0.3 is 11.0 Å². The largest absolute Gasteiger partial charge is 0.466 e. The van der Waals surface area contributed by atoms with E-state index in [2.05, 4.69) is 5.32 Å². The van der Waals surface area contributed by atoms with Crippen LogP contribution in [0.25, 0.3) is 0 Å². The quantitative estimate of drug-likeness (QED) is 0.348. The van der Waals surface area contributed by atoms with Crippen LogP contribution in [0.2, 0.25) is 0 Å². The number of thiophene rings is 1. The Labute approximate surface area is 103 Å². The van der Waals surface area contributed by atoms with Gasteiger partial charge in [-0.15, -0.1) is 0 Å². The van der Waals surface area contributed by atoms with Gasteiger partial charge in [0.05, 0.1) is 18.0 Å². The van der Waals surface area contributed by atoms with Gasteiger partial charge in [0.1, 0.15) is 0 Å². The Hall–Kier alpha value is -1.47. The summed E-state index contributed by atoms with van der Waals surface area (Å²) < 4.78 is 4.76. The molecule has 1 rings (SSSR count). The summed E-state index contributed by atoms with van der Waals surface area (Å²) in [5, 5.41) is 13.6. The van der Waals surface area contributed by atoms with Crippen molar-refractivity contribution in [2.75, 3.05) is 13.2 Å². The minimum Gasteiger partial charge on any atom is -0.466 e. The zero-order valence-corrected chi connectivity index (χ0v) is 10.3. The Kier molecular flexibility index (Phi) is 5.58. The maximum atomic E-state index is 11.0. The highest BCUT2D eigenvalue weighted by Crippen LogP contribution is 2.23. The molecule has 7 heteroatoms. The lowest BCUT2D eigenvalue weighted by Crippen LogP contribution is -2.18. The average molecular weight is 258 g/mol. The number of carbonyl (C=O) groups excluding carboxylic acids is 1. The van der Waals surface area contributed by atoms with Crippen molar-refractivity contribution in [1.29, 1.82) is 0 Å². The zero-order valence-electron chi connectivity index (χ0n) is 9.47. The zero-order chi connectivity index (χ0) is 12.7. The molecule has 0 fully saturated rings. The van der Waals surface area contributed by atoms with E-state index < -0.39 is 4.92 Å². The molecule has 0 spiro atoms. The average Bonchev–Trinajstić information content (AvgIpc) is 2.73. The molecule has 17 heavy (non-hydrogen) atoms. The summed E-state index contributed by atoms with van der Waals surface area (Å²) in [6, 6.07) is 3.19. The fourth-order valence-electron chi connectivity index (χ4n) is 1.19. The van der Waals surface area contributed by atoms with E-state index in [1.165, 1.54) is 6.07 Å². The molecule has 0 bridgehead atoms. The molecule has 0 atom stereocenters. The molecule has 0 radical (unpaired) electrons. The third-order valence-electron chi connectivity index (χ3n) is 1.94. The van der Waals surface area contributed by atoms with E-state index in [9.17, 15) is 14.9 Å². The number of rotatable bonds is 7. The summed E-state index contributed by atoms with van der Waals surface area (Å²) in [5.74, 6) is -0.239. The molecule has 0 aliphatic carbocycles. The fourth-order valence-corrected chi connectivity index (χ4v) is 1.98. The van der Waals surface area contributed by atoms with Crippen LogP contribution in [0, 0.1) is 10.1 Å². The van der Waals surface area contributed by atoms with Gasteiger partial charge in [-0.25, -0.2) is 0 Å². The predicted octanol–water partition coefficient (Wildman–Crippen LogP) is 1.70. The number of nitro groups is 1. The van der Waals surface area contributed by atoms with Crippen LogP contribution in [0.4, 0.5) is 5.00 Å². The summed E-state index contributed by atoms with van der Waals surface area (Å²) >= 11 is 1.13. The molecule has 1 N–H and O–H groups in total. The van der Waals surface area contributed by atoms with Gasteiger partial charge in [0.15, 0.2) is 0 Å². The summed E-state index contributed by atoms with van der Waals surface area (Å²) in [6.45, 7) is 3.18. The number of hydrogen-bond acceptors (Lipinski definition) is 6. The Bertz CT molecular complexity index is 391. The van der Waals surface area contributed by atoms with Crippen LogP contribution >= 0.6 is 11.3 Å². The van der Waals surface area contributed by atoms with E-state index in [0.29, 0.717) is 26.1 Å². The maximum Gasteiger partial charge on any atom is 0.324 e. The van der Waals surface area contributed by atoms with Gasteiger partial charge in [0, 0.05) is 24.0 Å². The Morgan fingerprint density at radius 3 is 2.94 bits per heavy atom. The Morgan fingerprint density at radius 1 is 1.59 bits per heavy atom. The molecule has 0 unspecified atom stereocenters. The van der Waals surface area contributed by atoms with Crippen molar-refractivity contribution < 1.29 is 14.5 Å². The normalized spacial score (nSPS) is 10.2. The highest BCUT2D eigenvalue weighted by atomic mass is 32.1. The van der Waals surface area contributed by atoms with Gasteiger partial charge in [-0.05, 0) is 13.0 Å². The van der Waals surface area contributed by atoms with Gasteiger partial charge < -0.3 is 10.1 Å². The molecule has 0 saturated heterocycles. The van der Waals surface area contributed by atoms with Crippen molar-refractivity contribution in [3.63, 3.8) is 0 Å². The lowest BCUT2D eigenvalue weighted by molar-refractivity contribution is -0.380. The predicted molar refractivity (Wildman–Crippen MR) is 63.9 cm³/mol. The molecular weight excluding hydrogens is 244 g/mol. The second-order valence-corrected chi connectivity index (χ2v) is 4.38. The van der Waals surface area contributed by atoms with Crippen LogP contribution in [0.1, 0.15) is 18.2 Å². The molecule has 1 heterocycles. The number of ether oxygens (including phenoxy) is 1. The van der Waals surface area contributed by atoms with Crippen molar-refractivity contribution >= 4 is 22.3 Å². The van der Waals surface area contributed by atoms with Gasteiger partial charge in [0.2, 0.25) is 0 Å². The first-order valence-electron chi connectivity index (χ1n) is 5.23. The third-order valence-corrected chi connectivity index (χ3v) is 2.97.